The van der Waals surface area contributed by atoms with Crippen LogP contribution in [-0.4, -0.2) is 9.13 Å². The average molecular weight is 894 g/mol. The van der Waals surface area contributed by atoms with E-state index in [1.54, 1.807) is 0 Å². The van der Waals surface area contributed by atoms with Crippen molar-refractivity contribution in [1.82, 2.24) is 9.13 Å². The maximum atomic E-state index is 6.16. The standard InChI is InChI=1S/C66H43N3O/c1-2-12-50(13-3-1)69-63-20-10-6-16-57(63)58-40-30-49(43-64(58)69)46-24-22-44(23-25-46)45-26-32-51(33-27-45)67(52-34-28-47(29-35-52)48-31-41-66-60(42-48)59-17-7-11-21-65(59)70-66)53-36-38-54(39-37-53)68-61-18-8-4-14-55(61)56-15-5-9-19-62(56)68/h1-43H. The molecule has 11 aromatic carbocycles. The summed E-state index contributed by atoms with van der Waals surface area (Å²) in [5.41, 5.74) is 19.1. The number of hydrogen-bond donors (Lipinski definition) is 0. The fourth-order valence-corrected chi connectivity index (χ4v) is 10.8. The predicted octanol–water partition coefficient (Wildman–Crippen LogP) is 18.3. The van der Waals surface area contributed by atoms with Gasteiger partial charge in [-0.25, -0.2) is 0 Å². The lowest BCUT2D eigenvalue weighted by Crippen LogP contribution is -2.10. The monoisotopic (exact) mass is 893 g/mol. The summed E-state index contributed by atoms with van der Waals surface area (Å²) in [4.78, 5) is 2.35. The maximum Gasteiger partial charge on any atom is 0.135 e. The van der Waals surface area contributed by atoms with Crippen LogP contribution in [0.3, 0.4) is 0 Å². The van der Waals surface area contributed by atoms with Crippen molar-refractivity contribution in [3.8, 4) is 44.8 Å². The first kappa shape index (κ1) is 39.8. The van der Waals surface area contributed by atoms with E-state index in [1.807, 2.05) is 12.1 Å². The van der Waals surface area contributed by atoms with Gasteiger partial charge in [-0.15, -0.1) is 0 Å². The number of hydrogen-bond acceptors (Lipinski definition) is 2. The normalized spacial score (nSPS) is 11.7. The van der Waals surface area contributed by atoms with Crippen molar-refractivity contribution >= 4 is 82.6 Å². The molecule has 0 saturated heterocycles. The number of fused-ring (bicyclic) bond motifs is 9. The lowest BCUT2D eigenvalue weighted by Gasteiger charge is -2.26. The molecule has 0 aliphatic carbocycles. The highest BCUT2D eigenvalue weighted by molar-refractivity contribution is 6.11. The molecule has 14 rings (SSSR count). The zero-order valence-electron chi connectivity index (χ0n) is 38.1. The number of rotatable bonds is 8. The molecule has 0 aliphatic heterocycles. The lowest BCUT2D eigenvalue weighted by molar-refractivity contribution is 0.669. The highest BCUT2D eigenvalue weighted by atomic mass is 16.3. The molecule has 14 aromatic rings. The Labute approximate surface area is 404 Å². The van der Waals surface area contributed by atoms with E-state index in [-0.39, 0.29) is 0 Å². The molecule has 0 atom stereocenters. The van der Waals surface area contributed by atoms with Crippen molar-refractivity contribution < 1.29 is 4.42 Å². The summed E-state index contributed by atoms with van der Waals surface area (Å²) in [7, 11) is 0. The van der Waals surface area contributed by atoms with Crippen LogP contribution in [0.5, 0.6) is 0 Å². The van der Waals surface area contributed by atoms with Crippen LogP contribution in [0.2, 0.25) is 0 Å². The van der Waals surface area contributed by atoms with Crippen molar-refractivity contribution in [3.05, 3.63) is 261 Å². The van der Waals surface area contributed by atoms with E-state index < -0.39 is 0 Å². The van der Waals surface area contributed by atoms with Gasteiger partial charge in [-0.1, -0.05) is 158 Å². The van der Waals surface area contributed by atoms with Crippen molar-refractivity contribution in [2.24, 2.45) is 0 Å². The number of anilines is 3. The third kappa shape index (κ3) is 6.53. The zero-order valence-corrected chi connectivity index (χ0v) is 38.1. The Balaban J connectivity index is 0.812. The largest absolute Gasteiger partial charge is 0.456 e. The molecule has 0 spiro atoms. The molecule has 0 N–H and O–H groups in total. The van der Waals surface area contributed by atoms with Crippen LogP contribution in [0.15, 0.2) is 265 Å². The molecular formula is C66H43N3O. The molecule has 0 aliphatic rings. The first-order valence-electron chi connectivity index (χ1n) is 23.9. The second kappa shape index (κ2) is 16.2. The van der Waals surface area contributed by atoms with E-state index in [2.05, 4.69) is 263 Å². The summed E-state index contributed by atoms with van der Waals surface area (Å²) in [6.07, 6.45) is 0. The van der Waals surface area contributed by atoms with Gasteiger partial charge in [-0.2, -0.15) is 0 Å². The van der Waals surface area contributed by atoms with Crippen LogP contribution in [0, 0.1) is 0 Å². The molecular weight excluding hydrogens is 851 g/mol. The minimum Gasteiger partial charge on any atom is -0.456 e. The fourth-order valence-electron chi connectivity index (χ4n) is 10.8. The molecule has 0 bridgehead atoms. The SMILES string of the molecule is c1ccc(-n2c3ccccc3c3ccc(-c4ccc(-c5ccc(N(c6ccc(-c7ccc8oc9ccccc9c8c7)cc6)c6ccc(-n7c8ccccc8c8ccccc87)cc6)cc5)cc4)cc32)cc1. The third-order valence-corrected chi connectivity index (χ3v) is 14.1. The Morgan fingerprint density at radius 2 is 0.614 bits per heavy atom. The van der Waals surface area contributed by atoms with E-state index in [0.717, 1.165) is 67.1 Å². The summed E-state index contributed by atoms with van der Waals surface area (Å²) >= 11 is 0. The van der Waals surface area contributed by atoms with Gasteiger partial charge in [0, 0.05) is 60.8 Å². The van der Waals surface area contributed by atoms with Gasteiger partial charge in [0.2, 0.25) is 0 Å². The Hall–Kier alpha value is -9.38. The molecule has 0 radical (unpaired) electrons. The van der Waals surface area contributed by atoms with Crippen LogP contribution in [0.1, 0.15) is 0 Å². The number of aromatic nitrogens is 2. The van der Waals surface area contributed by atoms with Gasteiger partial charge < -0.3 is 18.5 Å². The summed E-state index contributed by atoms with van der Waals surface area (Å²) in [6.45, 7) is 0. The van der Waals surface area contributed by atoms with E-state index in [1.165, 1.54) is 60.3 Å². The maximum absolute atomic E-state index is 6.16. The van der Waals surface area contributed by atoms with Gasteiger partial charge >= 0.3 is 0 Å². The Bertz CT molecular complexity index is 4200. The summed E-state index contributed by atoms with van der Waals surface area (Å²) in [5, 5.41) is 7.28. The van der Waals surface area contributed by atoms with Gasteiger partial charge in [0.25, 0.3) is 0 Å². The second-order valence-electron chi connectivity index (χ2n) is 18.1. The molecule has 0 saturated carbocycles. The highest BCUT2D eigenvalue weighted by Gasteiger charge is 2.18. The van der Waals surface area contributed by atoms with Crippen molar-refractivity contribution in [1.29, 1.82) is 0 Å². The average Bonchev–Trinajstić information content (AvgIpc) is 4.09. The van der Waals surface area contributed by atoms with E-state index in [0.29, 0.717) is 0 Å². The predicted molar refractivity (Wildman–Crippen MR) is 293 cm³/mol. The van der Waals surface area contributed by atoms with Crippen molar-refractivity contribution in [2.45, 2.75) is 0 Å². The van der Waals surface area contributed by atoms with Crippen LogP contribution < -0.4 is 4.90 Å². The first-order chi connectivity index (χ1) is 34.7. The van der Waals surface area contributed by atoms with Gasteiger partial charge in [0.1, 0.15) is 11.2 Å². The van der Waals surface area contributed by atoms with E-state index in [9.17, 15) is 0 Å². The third-order valence-electron chi connectivity index (χ3n) is 14.1. The molecule has 0 amide bonds. The smallest absolute Gasteiger partial charge is 0.135 e. The molecule has 3 aromatic heterocycles. The lowest BCUT2D eigenvalue weighted by atomic mass is 9.99. The zero-order chi connectivity index (χ0) is 46.1. The molecule has 0 fully saturated rings. The van der Waals surface area contributed by atoms with Gasteiger partial charge in [0.05, 0.1) is 22.1 Å². The van der Waals surface area contributed by atoms with Gasteiger partial charge in [-0.3, -0.25) is 0 Å². The summed E-state index contributed by atoms with van der Waals surface area (Å²) in [6, 6.07) is 94.2. The summed E-state index contributed by atoms with van der Waals surface area (Å²) in [5.74, 6) is 0. The number of furan rings is 1. The Morgan fingerprint density at radius 3 is 1.19 bits per heavy atom. The molecule has 328 valence electrons. The number of nitrogens with zero attached hydrogens (tertiary/aromatic N) is 3. The number of benzene rings is 11. The molecule has 4 heteroatoms. The molecule has 4 nitrogen and oxygen atoms in total. The quantitative estimate of drug-likeness (QED) is 0.152. The van der Waals surface area contributed by atoms with E-state index in [4.69, 9.17) is 4.42 Å². The Morgan fingerprint density at radius 1 is 0.243 bits per heavy atom. The minimum absolute atomic E-state index is 0.901. The Kier molecular flexibility index (Phi) is 9.17. The van der Waals surface area contributed by atoms with Crippen molar-refractivity contribution in [2.75, 3.05) is 4.90 Å². The van der Waals surface area contributed by atoms with E-state index >= 15 is 0 Å². The molecule has 0 unspecified atom stereocenters. The summed E-state index contributed by atoms with van der Waals surface area (Å²) < 4.78 is 10.9. The fraction of sp³-hybridized carbons (Fsp3) is 0. The first-order valence-corrected chi connectivity index (χ1v) is 23.9. The second-order valence-corrected chi connectivity index (χ2v) is 18.1. The van der Waals surface area contributed by atoms with Crippen LogP contribution >= 0.6 is 0 Å². The van der Waals surface area contributed by atoms with Gasteiger partial charge in [-0.05, 0) is 137 Å². The van der Waals surface area contributed by atoms with Gasteiger partial charge in [0.15, 0.2) is 0 Å². The molecule has 3 heterocycles. The van der Waals surface area contributed by atoms with Crippen LogP contribution in [0.25, 0.3) is 110 Å². The van der Waals surface area contributed by atoms with Crippen LogP contribution in [-0.2, 0) is 0 Å². The number of para-hydroxylation sites is 5. The van der Waals surface area contributed by atoms with Crippen molar-refractivity contribution in [3.63, 3.8) is 0 Å². The minimum atomic E-state index is 0.901. The highest BCUT2D eigenvalue weighted by Crippen LogP contribution is 2.41. The topological polar surface area (TPSA) is 26.2 Å². The molecule has 70 heavy (non-hydrogen) atoms. The van der Waals surface area contributed by atoms with Crippen LogP contribution in [0.4, 0.5) is 17.1 Å².